The quantitative estimate of drug-likeness (QED) is 0.830. The number of nitrogens with one attached hydrogen (secondary N) is 1. The molecule has 0 bridgehead atoms. The second-order valence-electron chi connectivity index (χ2n) is 7.35. The van der Waals surface area contributed by atoms with Crippen molar-refractivity contribution in [2.75, 3.05) is 13.1 Å². The molecular formula is C20H24N2O3S2. The lowest BCUT2D eigenvalue weighted by Crippen LogP contribution is -2.35. The third-order valence-electron chi connectivity index (χ3n) is 5.53. The summed E-state index contributed by atoms with van der Waals surface area (Å²) in [5, 5.41) is 4.97. The molecule has 1 fully saturated rings. The van der Waals surface area contributed by atoms with E-state index in [1.807, 2.05) is 11.4 Å². The molecule has 4 rings (SSSR count). The van der Waals surface area contributed by atoms with Crippen LogP contribution in [0.25, 0.3) is 0 Å². The first kappa shape index (κ1) is 18.7. The molecule has 0 saturated heterocycles. The van der Waals surface area contributed by atoms with Crippen LogP contribution in [0.2, 0.25) is 0 Å². The van der Waals surface area contributed by atoms with E-state index in [0.717, 1.165) is 24.8 Å². The molecule has 1 amide bonds. The van der Waals surface area contributed by atoms with Crippen LogP contribution >= 0.6 is 11.3 Å². The smallest absolute Gasteiger partial charge is 0.251 e. The molecule has 1 aromatic heterocycles. The highest BCUT2D eigenvalue weighted by molar-refractivity contribution is 7.89. The maximum Gasteiger partial charge on any atom is 0.251 e. The molecule has 1 saturated carbocycles. The number of fused-ring (bicyclic) bond motifs is 1. The Bertz CT molecular complexity index is 930. The Kier molecular flexibility index (Phi) is 5.34. The van der Waals surface area contributed by atoms with Gasteiger partial charge in [-0.05, 0) is 60.4 Å². The van der Waals surface area contributed by atoms with Gasteiger partial charge < -0.3 is 5.32 Å². The van der Waals surface area contributed by atoms with E-state index in [1.54, 1.807) is 29.5 Å². The summed E-state index contributed by atoms with van der Waals surface area (Å²) in [7, 11) is -3.61. The lowest BCUT2D eigenvalue weighted by molar-refractivity contribution is 0.0947. The summed E-state index contributed by atoms with van der Waals surface area (Å²) in [6.45, 7) is 1.55. The van der Waals surface area contributed by atoms with Gasteiger partial charge in [0, 0.05) is 30.1 Å². The van der Waals surface area contributed by atoms with E-state index in [9.17, 15) is 13.2 Å². The monoisotopic (exact) mass is 404 g/mol. The molecule has 2 aliphatic rings. The van der Waals surface area contributed by atoms with E-state index in [1.165, 1.54) is 28.1 Å². The largest absolute Gasteiger partial charge is 0.352 e. The number of carbonyl (C=O) groups excluding carboxylic acids is 1. The average Bonchev–Trinajstić information content (AvgIpc) is 3.37. The SMILES string of the molecule is O=C(NCC1CCCC1)c1cccc(S(=O)(=O)N2CCc3sccc3C2)c1. The molecule has 0 radical (unpaired) electrons. The van der Waals surface area contributed by atoms with Gasteiger partial charge in [-0.25, -0.2) is 8.42 Å². The summed E-state index contributed by atoms with van der Waals surface area (Å²) in [6.07, 6.45) is 5.53. The Morgan fingerprint density at radius 1 is 1.22 bits per heavy atom. The molecule has 5 nitrogen and oxygen atoms in total. The van der Waals surface area contributed by atoms with E-state index < -0.39 is 10.0 Å². The fourth-order valence-electron chi connectivity index (χ4n) is 3.93. The number of benzene rings is 1. The molecule has 0 atom stereocenters. The third-order valence-corrected chi connectivity index (χ3v) is 8.40. The van der Waals surface area contributed by atoms with Crippen LogP contribution in [-0.2, 0) is 23.0 Å². The minimum absolute atomic E-state index is 0.190. The first-order valence-corrected chi connectivity index (χ1v) is 11.8. The van der Waals surface area contributed by atoms with Crippen LogP contribution in [0, 0.1) is 5.92 Å². The molecule has 2 heterocycles. The van der Waals surface area contributed by atoms with Crippen LogP contribution < -0.4 is 5.32 Å². The molecule has 1 aliphatic carbocycles. The van der Waals surface area contributed by atoms with Gasteiger partial charge in [-0.15, -0.1) is 11.3 Å². The minimum atomic E-state index is -3.61. The van der Waals surface area contributed by atoms with E-state index >= 15 is 0 Å². The van der Waals surface area contributed by atoms with Gasteiger partial charge in [0.2, 0.25) is 10.0 Å². The molecule has 2 aromatic rings. The summed E-state index contributed by atoms with van der Waals surface area (Å²) in [5.41, 5.74) is 1.49. The second kappa shape index (κ2) is 7.73. The molecule has 1 N–H and O–H groups in total. The fourth-order valence-corrected chi connectivity index (χ4v) is 6.28. The van der Waals surface area contributed by atoms with Gasteiger partial charge in [-0.3, -0.25) is 4.79 Å². The van der Waals surface area contributed by atoms with Gasteiger partial charge in [0.1, 0.15) is 0 Å². The zero-order valence-electron chi connectivity index (χ0n) is 15.2. The van der Waals surface area contributed by atoms with E-state index in [-0.39, 0.29) is 10.8 Å². The van der Waals surface area contributed by atoms with Gasteiger partial charge in [-0.2, -0.15) is 4.31 Å². The van der Waals surface area contributed by atoms with E-state index in [2.05, 4.69) is 5.32 Å². The van der Waals surface area contributed by atoms with Crippen molar-refractivity contribution in [2.45, 2.75) is 43.5 Å². The highest BCUT2D eigenvalue weighted by Gasteiger charge is 2.29. The summed E-state index contributed by atoms with van der Waals surface area (Å²) in [6, 6.07) is 8.40. The summed E-state index contributed by atoms with van der Waals surface area (Å²) < 4.78 is 27.6. The van der Waals surface area contributed by atoms with Crippen molar-refractivity contribution in [2.24, 2.45) is 5.92 Å². The molecule has 144 valence electrons. The standard InChI is InChI=1S/C20H24N2O3S2/c23-20(21-13-15-4-1-2-5-15)16-6-3-7-18(12-16)27(24,25)22-10-8-19-17(14-22)9-11-26-19/h3,6-7,9,11-12,15H,1-2,4-5,8,10,13-14H2,(H,21,23). The third kappa shape index (κ3) is 3.95. The normalized spacial score (nSPS) is 18.4. The number of sulfonamides is 1. The molecule has 0 spiro atoms. The van der Waals surface area contributed by atoms with Crippen LogP contribution in [0.15, 0.2) is 40.6 Å². The van der Waals surface area contributed by atoms with Crippen LogP contribution in [0.1, 0.15) is 46.5 Å². The molecular weight excluding hydrogens is 380 g/mol. The van der Waals surface area contributed by atoms with Crippen molar-refractivity contribution in [1.82, 2.24) is 9.62 Å². The average molecular weight is 405 g/mol. The van der Waals surface area contributed by atoms with Gasteiger partial charge in [0.15, 0.2) is 0 Å². The van der Waals surface area contributed by atoms with Crippen molar-refractivity contribution in [3.05, 3.63) is 51.7 Å². The van der Waals surface area contributed by atoms with Gasteiger partial charge >= 0.3 is 0 Å². The number of amides is 1. The number of rotatable bonds is 5. The number of carbonyl (C=O) groups is 1. The Labute approximate surface area is 164 Å². The number of nitrogens with zero attached hydrogens (tertiary/aromatic N) is 1. The van der Waals surface area contributed by atoms with Crippen LogP contribution in [-0.4, -0.2) is 31.7 Å². The van der Waals surface area contributed by atoms with Gasteiger partial charge in [0.05, 0.1) is 4.90 Å². The van der Waals surface area contributed by atoms with Crippen LogP contribution in [0.5, 0.6) is 0 Å². The Hall–Kier alpha value is -1.70. The zero-order chi connectivity index (χ0) is 18.9. The summed E-state index contributed by atoms with van der Waals surface area (Å²) >= 11 is 1.68. The number of hydrogen-bond acceptors (Lipinski definition) is 4. The lowest BCUT2D eigenvalue weighted by Gasteiger charge is -2.26. The summed E-state index contributed by atoms with van der Waals surface area (Å²) in [5.74, 6) is 0.353. The Morgan fingerprint density at radius 3 is 2.85 bits per heavy atom. The van der Waals surface area contributed by atoms with Crippen molar-refractivity contribution in [1.29, 1.82) is 0 Å². The van der Waals surface area contributed by atoms with Gasteiger partial charge in [-0.1, -0.05) is 18.9 Å². The zero-order valence-corrected chi connectivity index (χ0v) is 16.8. The topological polar surface area (TPSA) is 66.5 Å². The minimum Gasteiger partial charge on any atom is -0.352 e. The van der Waals surface area contributed by atoms with Crippen LogP contribution in [0.3, 0.4) is 0 Å². The highest BCUT2D eigenvalue weighted by atomic mass is 32.2. The Balaban J connectivity index is 1.48. The van der Waals surface area contributed by atoms with Crippen LogP contribution in [0.4, 0.5) is 0 Å². The van der Waals surface area contributed by atoms with Crippen molar-refractivity contribution >= 4 is 27.3 Å². The lowest BCUT2D eigenvalue weighted by atomic mass is 10.1. The number of hydrogen-bond donors (Lipinski definition) is 1. The van der Waals surface area contributed by atoms with Crippen molar-refractivity contribution < 1.29 is 13.2 Å². The van der Waals surface area contributed by atoms with Crippen molar-refractivity contribution in [3.63, 3.8) is 0 Å². The van der Waals surface area contributed by atoms with Crippen molar-refractivity contribution in [3.8, 4) is 0 Å². The predicted molar refractivity (Wildman–Crippen MR) is 106 cm³/mol. The molecule has 0 unspecified atom stereocenters. The van der Waals surface area contributed by atoms with E-state index in [0.29, 0.717) is 31.1 Å². The molecule has 1 aliphatic heterocycles. The first-order valence-electron chi connectivity index (χ1n) is 9.48. The fraction of sp³-hybridized carbons (Fsp3) is 0.450. The van der Waals surface area contributed by atoms with Gasteiger partial charge in [0.25, 0.3) is 5.91 Å². The van der Waals surface area contributed by atoms with E-state index in [4.69, 9.17) is 0 Å². The Morgan fingerprint density at radius 2 is 2.04 bits per heavy atom. The maximum absolute atomic E-state index is 13.1. The highest BCUT2D eigenvalue weighted by Crippen LogP contribution is 2.28. The second-order valence-corrected chi connectivity index (χ2v) is 10.3. The predicted octanol–water partition coefficient (Wildman–Crippen LogP) is 3.42. The first-order chi connectivity index (χ1) is 13.0. The summed E-state index contributed by atoms with van der Waals surface area (Å²) in [4.78, 5) is 13.9. The molecule has 27 heavy (non-hydrogen) atoms. The molecule has 1 aromatic carbocycles. The number of thiophene rings is 1. The molecule has 7 heteroatoms. The maximum atomic E-state index is 13.1.